The van der Waals surface area contributed by atoms with E-state index in [0.29, 0.717) is 18.5 Å². The fourth-order valence-electron chi connectivity index (χ4n) is 3.17. The summed E-state index contributed by atoms with van der Waals surface area (Å²) in [5.74, 6) is 0.329. The molecule has 1 aromatic heterocycles. The summed E-state index contributed by atoms with van der Waals surface area (Å²) in [7, 11) is 1.35. The second-order valence-electron chi connectivity index (χ2n) is 5.64. The fraction of sp³-hybridized carbons (Fsp3) is 0.429. The fourth-order valence-corrected chi connectivity index (χ4v) is 3.82. The predicted octanol–water partition coefficient (Wildman–Crippen LogP) is 0.515. The number of amidine groups is 1. The minimum absolute atomic E-state index is 0.248. The zero-order chi connectivity index (χ0) is 16.0. The average molecular weight is 334 g/mol. The summed E-state index contributed by atoms with van der Waals surface area (Å²) >= 11 is 1.48. The van der Waals surface area contributed by atoms with E-state index in [1.165, 1.54) is 18.4 Å². The number of hydrogen-bond acceptors (Lipinski definition) is 8. The van der Waals surface area contributed by atoms with E-state index in [0.717, 1.165) is 16.5 Å². The van der Waals surface area contributed by atoms with E-state index in [2.05, 4.69) is 15.3 Å². The van der Waals surface area contributed by atoms with Gasteiger partial charge in [0.25, 0.3) is 0 Å². The molecule has 4 rings (SSSR count). The van der Waals surface area contributed by atoms with Crippen LogP contribution in [-0.4, -0.2) is 60.1 Å². The van der Waals surface area contributed by atoms with Gasteiger partial charge in [0, 0.05) is 23.7 Å². The average Bonchev–Trinajstić information content (AvgIpc) is 3.26. The molecule has 0 aromatic carbocycles. The molecule has 23 heavy (non-hydrogen) atoms. The summed E-state index contributed by atoms with van der Waals surface area (Å²) in [6.07, 6.45) is 1.79. The Labute approximate surface area is 135 Å². The molecule has 1 atom stereocenters. The molecule has 1 unspecified atom stereocenters. The number of aromatic nitrogens is 1. The molecule has 0 bridgehead atoms. The largest absolute Gasteiger partial charge is 0.466 e. The van der Waals surface area contributed by atoms with Gasteiger partial charge in [-0.1, -0.05) is 0 Å². The Morgan fingerprint density at radius 3 is 3.09 bits per heavy atom. The molecule has 8 nitrogen and oxygen atoms in total. The molecule has 0 aliphatic carbocycles. The number of methoxy groups -OCH3 is 1. The van der Waals surface area contributed by atoms with Crippen LogP contribution in [0.4, 0.5) is 4.79 Å². The summed E-state index contributed by atoms with van der Waals surface area (Å²) in [6.45, 7) is 1.01. The molecular weight excluding hydrogens is 320 g/mol. The standard InChI is InChI=1S/C14H14N4O4S/c1-21-12(19)8-5-16-10(11-15-2-3-23-11)18-6-14(4-9(8)18)7-22-13(20)17-14/h2-3H,4-7H2,1H3,(H,17,20). The van der Waals surface area contributed by atoms with Crippen molar-refractivity contribution in [2.45, 2.75) is 12.0 Å². The molecule has 0 saturated carbocycles. The van der Waals surface area contributed by atoms with Crippen molar-refractivity contribution in [1.29, 1.82) is 0 Å². The maximum atomic E-state index is 12.1. The smallest absolute Gasteiger partial charge is 0.407 e. The maximum Gasteiger partial charge on any atom is 0.407 e. The Kier molecular flexibility index (Phi) is 3.12. The minimum atomic E-state index is -0.534. The van der Waals surface area contributed by atoms with E-state index in [9.17, 15) is 9.59 Å². The second kappa shape index (κ2) is 5.05. The first kappa shape index (κ1) is 14.2. The first-order valence-electron chi connectivity index (χ1n) is 7.09. The number of alkyl carbamates (subject to hydrolysis) is 1. The van der Waals surface area contributed by atoms with E-state index in [4.69, 9.17) is 9.47 Å². The zero-order valence-electron chi connectivity index (χ0n) is 12.4. The van der Waals surface area contributed by atoms with Crippen LogP contribution in [-0.2, 0) is 14.3 Å². The van der Waals surface area contributed by atoms with E-state index < -0.39 is 17.6 Å². The normalized spacial score (nSPS) is 26.0. The molecule has 2 saturated heterocycles. The highest BCUT2D eigenvalue weighted by atomic mass is 32.1. The van der Waals surface area contributed by atoms with E-state index in [1.807, 2.05) is 10.3 Å². The highest BCUT2D eigenvalue weighted by Crippen LogP contribution is 2.38. The topological polar surface area (TPSA) is 93.1 Å². The molecule has 0 radical (unpaired) electrons. The Hall–Kier alpha value is -2.42. The van der Waals surface area contributed by atoms with Gasteiger partial charge in [-0.25, -0.2) is 14.6 Å². The van der Waals surface area contributed by atoms with Gasteiger partial charge in [0.2, 0.25) is 0 Å². The number of rotatable bonds is 2. The number of ether oxygens (including phenoxy) is 2. The number of carbonyl (C=O) groups is 2. The van der Waals surface area contributed by atoms with Crippen molar-refractivity contribution in [3.05, 3.63) is 27.9 Å². The number of fused-ring (bicyclic) bond motifs is 1. The number of esters is 1. The van der Waals surface area contributed by atoms with E-state index >= 15 is 0 Å². The number of aliphatic imine (C=N–C) groups is 1. The Balaban J connectivity index is 1.75. The summed E-state index contributed by atoms with van der Waals surface area (Å²) in [5, 5.41) is 5.53. The van der Waals surface area contributed by atoms with Crippen molar-refractivity contribution in [3.8, 4) is 0 Å². The van der Waals surface area contributed by atoms with Gasteiger partial charge in [0.15, 0.2) is 10.8 Å². The number of nitrogens with one attached hydrogen (secondary N) is 1. The zero-order valence-corrected chi connectivity index (χ0v) is 13.2. The van der Waals surface area contributed by atoms with Crippen LogP contribution < -0.4 is 5.32 Å². The first-order chi connectivity index (χ1) is 11.1. The lowest BCUT2D eigenvalue weighted by molar-refractivity contribution is -0.136. The maximum absolute atomic E-state index is 12.1. The van der Waals surface area contributed by atoms with Gasteiger partial charge in [-0.05, 0) is 0 Å². The van der Waals surface area contributed by atoms with Gasteiger partial charge in [-0.3, -0.25) is 4.99 Å². The second-order valence-corrected chi connectivity index (χ2v) is 6.53. The van der Waals surface area contributed by atoms with Crippen molar-refractivity contribution in [2.24, 2.45) is 4.99 Å². The molecule has 1 aromatic rings. The van der Waals surface area contributed by atoms with Crippen LogP contribution in [0.2, 0.25) is 0 Å². The highest BCUT2D eigenvalue weighted by Gasteiger charge is 2.51. The third-order valence-electron chi connectivity index (χ3n) is 4.19. The number of thiazole rings is 1. The van der Waals surface area contributed by atoms with Gasteiger partial charge < -0.3 is 19.7 Å². The number of nitrogens with zero attached hydrogens (tertiary/aromatic N) is 3. The summed E-state index contributed by atoms with van der Waals surface area (Å²) in [4.78, 5) is 34.3. The van der Waals surface area contributed by atoms with Crippen LogP contribution in [0.25, 0.3) is 0 Å². The van der Waals surface area contributed by atoms with E-state index in [1.54, 1.807) is 6.20 Å². The Morgan fingerprint density at radius 1 is 1.57 bits per heavy atom. The third kappa shape index (κ3) is 2.19. The van der Waals surface area contributed by atoms with Crippen molar-refractivity contribution in [3.63, 3.8) is 0 Å². The molecule has 120 valence electrons. The van der Waals surface area contributed by atoms with Gasteiger partial charge in [-0.15, -0.1) is 11.3 Å². The molecule has 1 N–H and O–H groups in total. The quantitative estimate of drug-likeness (QED) is 0.793. The molecule has 2 fully saturated rings. The number of carbonyl (C=O) groups excluding carboxylic acids is 2. The Bertz CT molecular complexity index is 742. The van der Waals surface area contributed by atoms with Crippen molar-refractivity contribution in [1.82, 2.24) is 15.2 Å². The molecule has 4 heterocycles. The van der Waals surface area contributed by atoms with E-state index in [-0.39, 0.29) is 13.2 Å². The summed E-state index contributed by atoms with van der Waals surface area (Å²) < 4.78 is 9.95. The van der Waals surface area contributed by atoms with Crippen molar-refractivity contribution >= 4 is 29.2 Å². The number of cyclic esters (lactones) is 1. The van der Waals surface area contributed by atoms with Crippen LogP contribution in [0.15, 0.2) is 27.8 Å². The molecule has 3 aliphatic rings. The Morgan fingerprint density at radius 2 is 2.43 bits per heavy atom. The van der Waals surface area contributed by atoms with Crippen LogP contribution in [0, 0.1) is 0 Å². The summed E-state index contributed by atoms with van der Waals surface area (Å²) in [6, 6.07) is 0. The lowest BCUT2D eigenvalue weighted by Gasteiger charge is -2.27. The molecule has 3 aliphatic heterocycles. The molecule has 1 spiro atoms. The lowest BCUT2D eigenvalue weighted by atomic mass is 9.98. The van der Waals surface area contributed by atoms with Gasteiger partial charge in [0.05, 0.1) is 25.8 Å². The number of hydrogen-bond donors (Lipinski definition) is 1. The lowest BCUT2D eigenvalue weighted by Crippen LogP contribution is -2.46. The van der Waals surface area contributed by atoms with Gasteiger partial charge >= 0.3 is 12.1 Å². The first-order valence-corrected chi connectivity index (χ1v) is 7.97. The van der Waals surface area contributed by atoms with Crippen LogP contribution in [0.1, 0.15) is 11.4 Å². The van der Waals surface area contributed by atoms with Crippen LogP contribution >= 0.6 is 11.3 Å². The molecule has 1 amide bonds. The van der Waals surface area contributed by atoms with Crippen LogP contribution in [0.5, 0.6) is 0 Å². The number of amides is 1. The summed E-state index contributed by atoms with van der Waals surface area (Å²) in [5.41, 5.74) is 0.808. The minimum Gasteiger partial charge on any atom is -0.466 e. The molecular formula is C14H14N4O4S. The van der Waals surface area contributed by atoms with Crippen molar-refractivity contribution < 1.29 is 19.1 Å². The molecule has 9 heteroatoms. The SMILES string of the molecule is COC(=O)C1=C2CC3(COC(=O)N3)CN2C(c2nccs2)=NC1. The van der Waals surface area contributed by atoms with Gasteiger partial charge in [-0.2, -0.15) is 0 Å². The van der Waals surface area contributed by atoms with Crippen LogP contribution in [0.3, 0.4) is 0 Å². The highest BCUT2D eigenvalue weighted by molar-refractivity contribution is 7.11. The predicted molar refractivity (Wildman–Crippen MR) is 81.1 cm³/mol. The monoisotopic (exact) mass is 334 g/mol. The van der Waals surface area contributed by atoms with Gasteiger partial charge in [0.1, 0.15) is 12.1 Å². The third-order valence-corrected chi connectivity index (χ3v) is 4.95. The van der Waals surface area contributed by atoms with Crippen molar-refractivity contribution in [2.75, 3.05) is 26.8 Å².